The van der Waals surface area contributed by atoms with E-state index in [4.69, 9.17) is 5.11 Å². The largest absolute Gasteiger partial charge is 0.480 e. The number of nitrogens with zero attached hydrogens (tertiary/aromatic N) is 1. The molecule has 0 aromatic heterocycles. The van der Waals surface area contributed by atoms with E-state index in [-0.39, 0.29) is 36.5 Å². The molecule has 1 atom stereocenters. The van der Waals surface area contributed by atoms with Gasteiger partial charge in [-0.15, -0.1) is 0 Å². The van der Waals surface area contributed by atoms with E-state index < -0.39 is 5.97 Å². The number of aryl methyl sites for hydroxylation is 1. The zero-order valence-electron chi connectivity index (χ0n) is 15.0. The number of carboxylic acids is 1. The van der Waals surface area contributed by atoms with Crippen LogP contribution in [0.5, 0.6) is 0 Å². The van der Waals surface area contributed by atoms with Gasteiger partial charge in [-0.1, -0.05) is 13.0 Å². The molecule has 26 heavy (non-hydrogen) atoms. The number of benzene rings is 1. The highest BCUT2D eigenvalue weighted by Crippen LogP contribution is 2.30. The fourth-order valence-corrected chi connectivity index (χ4v) is 3.99. The first kappa shape index (κ1) is 18.6. The van der Waals surface area contributed by atoms with Crippen molar-refractivity contribution in [3.05, 3.63) is 35.1 Å². The van der Waals surface area contributed by atoms with E-state index in [2.05, 4.69) is 10.6 Å². The average molecular weight is 363 g/mol. The van der Waals surface area contributed by atoms with Gasteiger partial charge in [-0.2, -0.15) is 0 Å². The minimum absolute atomic E-state index is 0.0372. The molecule has 6 nitrogen and oxygen atoms in total. The van der Waals surface area contributed by atoms with Crippen LogP contribution >= 0.6 is 0 Å². The lowest BCUT2D eigenvalue weighted by molar-refractivity contribution is -0.139. The Morgan fingerprint density at radius 3 is 2.77 bits per heavy atom. The number of carboxylic acid groups (broad SMARTS) is 1. The minimum Gasteiger partial charge on any atom is -0.480 e. The molecule has 0 aliphatic heterocycles. The molecule has 3 N–H and O–H groups in total. The van der Waals surface area contributed by atoms with Gasteiger partial charge in [0, 0.05) is 12.1 Å². The van der Waals surface area contributed by atoms with Crippen LogP contribution in [0, 0.1) is 5.82 Å². The molecule has 0 bridgehead atoms. The Morgan fingerprint density at radius 1 is 1.31 bits per heavy atom. The van der Waals surface area contributed by atoms with Crippen LogP contribution < -0.4 is 10.6 Å². The minimum atomic E-state index is -0.826. The number of likely N-dealkylation sites (N-methyl/N-ethyl adjacent to an activating group) is 1. The predicted octanol–water partition coefficient (Wildman–Crippen LogP) is 2.44. The molecule has 1 aromatic rings. The molecule has 1 saturated carbocycles. The molecule has 1 unspecified atom stereocenters. The standard InChI is InChI=1S/C19H26FN3O3/c1-2-23(11-18(24)25)15-9-14(10-15)21-19(26)22-17-5-3-4-12-8-13(20)6-7-16(12)17/h6-8,14-15,17H,2-5,9-11H2,1H3,(H,24,25)(H2,21,22,26). The molecule has 2 aliphatic carbocycles. The van der Waals surface area contributed by atoms with E-state index in [1.807, 2.05) is 11.8 Å². The maximum atomic E-state index is 13.4. The van der Waals surface area contributed by atoms with Gasteiger partial charge >= 0.3 is 12.0 Å². The van der Waals surface area contributed by atoms with Gasteiger partial charge in [0.25, 0.3) is 0 Å². The van der Waals surface area contributed by atoms with Crippen molar-refractivity contribution in [2.75, 3.05) is 13.1 Å². The van der Waals surface area contributed by atoms with Gasteiger partial charge in [0.15, 0.2) is 0 Å². The molecule has 1 aromatic carbocycles. The summed E-state index contributed by atoms with van der Waals surface area (Å²) in [5.41, 5.74) is 1.97. The highest BCUT2D eigenvalue weighted by atomic mass is 19.1. The summed E-state index contributed by atoms with van der Waals surface area (Å²) < 4.78 is 13.4. The number of rotatable bonds is 6. The first-order valence-electron chi connectivity index (χ1n) is 9.27. The zero-order valence-corrected chi connectivity index (χ0v) is 15.0. The van der Waals surface area contributed by atoms with Crippen molar-refractivity contribution in [1.29, 1.82) is 0 Å². The summed E-state index contributed by atoms with van der Waals surface area (Å²) >= 11 is 0. The fraction of sp³-hybridized carbons (Fsp3) is 0.579. The first-order valence-corrected chi connectivity index (χ1v) is 9.27. The topological polar surface area (TPSA) is 81.7 Å². The monoisotopic (exact) mass is 363 g/mol. The van der Waals surface area contributed by atoms with Crippen LogP contribution in [-0.2, 0) is 11.2 Å². The molecule has 1 fully saturated rings. The quantitative estimate of drug-likeness (QED) is 0.725. The summed E-state index contributed by atoms with van der Waals surface area (Å²) in [6, 6.07) is 4.73. The lowest BCUT2D eigenvalue weighted by atomic mass is 9.85. The Hall–Kier alpha value is -2.15. The Labute approximate surface area is 152 Å². The highest BCUT2D eigenvalue weighted by Gasteiger charge is 2.35. The molecule has 0 saturated heterocycles. The highest BCUT2D eigenvalue weighted by molar-refractivity contribution is 5.75. The first-order chi connectivity index (χ1) is 12.5. The molecule has 0 radical (unpaired) electrons. The Kier molecular flexibility index (Phi) is 5.76. The third-order valence-corrected chi connectivity index (χ3v) is 5.43. The van der Waals surface area contributed by atoms with Gasteiger partial charge in [-0.05, 0) is 61.9 Å². The molecule has 0 heterocycles. The van der Waals surface area contributed by atoms with Crippen LogP contribution in [0.1, 0.15) is 49.8 Å². The lowest BCUT2D eigenvalue weighted by Gasteiger charge is -2.42. The van der Waals surface area contributed by atoms with Crippen molar-refractivity contribution in [3.8, 4) is 0 Å². The molecular weight excluding hydrogens is 337 g/mol. The summed E-state index contributed by atoms with van der Waals surface area (Å²) in [7, 11) is 0. The van der Waals surface area contributed by atoms with Crippen LogP contribution in [0.2, 0.25) is 0 Å². The van der Waals surface area contributed by atoms with Gasteiger partial charge in [0.2, 0.25) is 0 Å². The number of hydrogen-bond acceptors (Lipinski definition) is 3. The van der Waals surface area contributed by atoms with Gasteiger partial charge in [-0.3, -0.25) is 9.69 Å². The van der Waals surface area contributed by atoms with E-state index >= 15 is 0 Å². The SMILES string of the molecule is CCN(CC(=O)O)C1CC(NC(=O)NC2CCCc3cc(F)ccc32)C1. The van der Waals surface area contributed by atoms with Crippen molar-refractivity contribution in [2.24, 2.45) is 0 Å². The van der Waals surface area contributed by atoms with Crippen molar-refractivity contribution in [1.82, 2.24) is 15.5 Å². The van der Waals surface area contributed by atoms with E-state index in [9.17, 15) is 14.0 Å². The van der Waals surface area contributed by atoms with Crippen molar-refractivity contribution < 1.29 is 19.1 Å². The van der Waals surface area contributed by atoms with Crippen molar-refractivity contribution in [3.63, 3.8) is 0 Å². The number of carbonyl (C=O) groups is 2. The number of halogens is 1. The van der Waals surface area contributed by atoms with Gasteiger partial charge in [0.1, 0.15) is 5.82 Å². The molecular formula is C19H26FN3O3. The summed E-state index contributed by atoms with van der Waals surface area (Å²) in [5.74, 6) is -1.07. The fourth-order valence-electron chi connectivity index (χ4n) is 3.99. The lowest BCUT2D eigenvalue weighted by Crippen LogP contribution is -2.56. The smallest absolute Gasteiger partial charge is 0.317 e. The van der Waals surface area contributed by atoms with Crippen molar-refractivity contribution in [2.45, 2.75) is 57.2 Å². The summed E-state index contributed by atoms with van der Waals surface area (Å²) in [4.78, 5) is 25.1. The molecule has 7 heteroatoms. The van der Waals surface area contributed by atoms with E-state index in [0.29, 0.717) is 6.54 Å². The number of amides is 2. The van der Waals surface area contributed by atoms with Crippen LogP contribution in [0.15, 0.2) is 18.2 Å². The maximum absolute atomic E-state index is 13.4. The number of carbonyl (C=O) groups excluding carboxylic acids is 1. The van der Waals surface area contributed by atoms with Crippen molar-refractivity contribution >= 4 is 12.0 Å². The number of fused-ring (bicyclic) bond motifs is 1. The average Bonchev–Trinajstić information content (AvgIpc) is 2.55. The van der Waals surface area contributed by atoms with E-state index in [1.165, 1.54) is 6.07 Å². The summed E-state index contributed by atoms with van der Waals surface area (Å²) in [6.07, 6.45) is 4.14. The van der Waals surface area contributed by atoms with Crippen LogP contribution in [0.4, 0.5) is 9.18 Å². The Morgan fingerprint density at radius 2 is 2.08 bits per heavy atom. The molecule has 3 rings (SSSR count). The summed E-state index contributed by atoms with van der Waals surface area (Å²) in [5, 5.41) is 14.9. The molecule has 2 aliphatic rings. The molecule has 2 amide bonds. The van der Waals surface area contributed by atoms with Crippen LogP contribution in [0.3, 0.4) is 0 Å². The second-order valence-corrected chi connectivity index (χ2v) is 7.18. The second kappa shape index (κ2) is 8.03. The number of urea groups is 1. The predicted molar refractivity (Wildman–Crippen MR) is 95.4 cm³/mol. The van der Waals surface area contributed by atoms with Gasteiger partial charge in [0.05, 0.1) is 12.6 Å². The number of hydrogen-bond donors (Lipinski definition) is 3. The third-order valence-electron chi connectivity index (χ3n) is 5.43. The summed E-state index contributed by atoms with van der Waals surface area (Å²) in [6.45, 7) is 2.67. The number of nitrogens with one attached hydrogen (secondary N) is 2. The third kappa shape index (κ3) is 4.33. The molecule has 142 valence electrons. The number of aliphatic carboxylic acids is 1. The van der Waals surface area contributed by atoms with Gasteiger partial charge in [-0.25, -0.2) is 9.18 Å². The van der Waals surface area contributed by atoms with Crippen LogP contribution in [0.25, 0.3) is 0 Å². The normalized spacial score (nSPS) is 24.5. The Bertz CT molecular complexity index is 676. The molecule has 0 spiro atoms. The van der Waals surface area contributed by atoms with Gasteiger partial charge < -0.3 is 15.7 Å². The van der Waals surface area contributed by atoms with Crippen LogP contribution in [-0.4, -0.2) is 47.2 Å². The second-order valence-electron chi connectivity index (χ2n) is 7.18. The van der Waals surface area contributed by atoms with E-state index in [0.717, 1.165) is 43.2 Å². The van der Waals surface area contributed by atoms with E-state index in [1.54, 1.807) is 12.1 Å². The Balaban J connectivity index is 1.48. The zero-order chi connectivity index (χ0) is 18.7. The maximum Gasteiger partial charge on any atom is 0.317 e.